The number of aromatic nitrogens is 2. The van der Waals surface area contributed by atoms with Crippen molar-refractivity contribution in [1.82, 2.24) is 9.97 Å². The van der Waals surface area contributed by atoms with Gasteiger partial charge in [-0.3, -0.25) is 4.98 Å². The summed E-state index contributed by atoms with van der Waals surface area (Å²) in [6.45, 7) is 2.78. The van der Waals surface area contributed by atoms with Crippen LogP contribution in [0, 0.1) is 6.92 Å². The Morgan fingerprint density at radius 1 is 1.03 bits per heavy atom. The van der Waals surface area contributed by atoms with E-state index < -0.39 is 0 Å². The van der Waals surface area contributed by atoms with Gasteiger partial charge in [-0.05, 0) is 74.1 Å². The van der Waals surface area contributed by atoms with Crippen LogP contribution in [0.4, 0.5) is 11.5 Å². The molecule has 0 bridgehead atoms. The summed E-state index contributed by atoms with van der Waals surface area (Å²) >= 11 is 0. The minimum atomic E-state index is 0.267. The van der Waals surface area contributed by atoms with Gasteiger partial charge in [0, 0.05) is 30.3 Å². The Morgan fingerprint density at radius 3 is 2.62 bits per heavy atom. The van der Waals surface area contributed by atoms with E-state index in [4.69, 9.17) is 9.47 Å². The van der Waals surface area contributed by atoms with Crippen molar-refractivity contribution in [3.63, 3.8) is 0 Å². The summed E-state index contributed by atoms with van der Waals surface area (Å²) in [6, 6.07) is 14.1. The zero-order valence-electron chi connectivity index (χ0n) is 17.0. The maximum absolute atomic E-state index is 6.31. The van der Waals surface area contributed by atoms with Gasteiger partial charge in [0.2, 0.25) is 0 Å². The number of hydrogen-bond acceptors (Lipinski definition) is 5. The van der Waals surface area contributed by atoms with E-state index >= 15 is 0 Å². The number of aryl methyl sites for hydroxylation is 1. The highest BCUT2D eigenvalue weighted by Gasteiger charge is 2.20. The van der Waals surface area contributed by atoms with Crippen LogP contribution in [0.2, 0.25) is 0 Å². The summed E-state index contributed by atoms with van der Waals surface area (Å²) in [5, 5.41) is 0. The van der Waals surface area contributed by atoms with Crippen LogP contribution in [0.25, 0.3) is 0 Å². The lowest BCUT2D eigenvalue weighted by Crippen LogP contribution is -2.19. The minimum absolute atomic E-state index is 0.267. The highest BCUT2D eigenvalue weighted by atomic mass is 16.5. The third kappa shape index (κ3) is 4.50. The third-order valence-electron chi connectivity index (χ3n) is 5.46. The second-order valence-corrected chi connectivity index (χ2v) is 7.44. The topological polar surface area (TPSA) is 47.5 Å². The van der Waals surface area contributed by atoms with E-state index in [2.05, 4.69) is 33.9 Å². The van der Waals surface area contributed by atoms with Gasteiger partial charge in [-0.2, -0.15) is 0 Å². The Balaban J connectivity index is 1.70. The van der Waals surface area contributed by atoms with Gasteiger partial charge in [0.25, 0.3) is 0 Å². The van der Waals surface area contributed by atoms with Crippen LogP contribution in [-0.4, -0.2) is 23.2 Å². The van der Waals surface area contributed by atoms with Gasteiger partial charge in [0.1, 0.15) is 5.82 Å². The molecule has 150 valence electrons. The van der Waals surface area contributed by atoms with E-state index in [9.17, 15) is 0 Å². The van der Waals surface area contributed by atoms with Crippen molar-refractivity contribution in [2.75, 3.05) is 12.0 Å². The molecule has 0 spiro atoms. The summed E-state index contributed by atoms with van der Waals surface area (Å²) in [5.74, 6) is 2.44. The summed E-state index contributed by atoms with van der Waals surface area (Å²) in [4.78, 5) is 11.1. The first kappa shape index (κ1) is 19.2. The number of ether oxygens (including phenoxy) is 2. The Hall–Kier alpha value is -3.08. The van der Waals surface area contributed by atoms with E-state index in [-0.39, 0.29) is 6.10 Å². The van der Waals surface area contributed by atoms with Crippen LogP contribution in [0.5, 0.6) is 11.5 Å². The fourth-order valence-corrected chi connectivity index (χ4v) is 3.76. The van der Waals surface area contributed by atoms with E-state index in [1.54, 1.807) is 7.11 Å². The van der Waals surface area contributed by atoms with Crippen molar-refractivity contribution in [1.29, 1.82) is 0 Å². The number of benzene rings is 1. The van der Waals surface area contributed by atoms with Gasteiger partial charge >= 0.3 is 0 Å². The van der Waals surface area contributed by atoms with E-state index in [0.29, 0.717) is 6.54 Å². The van der Waals surface area contributed by atoms with E-state index in [1.807, 2.05) is 48.9 Å². The fraction of sp³-hybridized carbons (Fsp3) is 0.333. The predicted molar refractivity (Wildman–Crippen MR) is 115 cm³/mol. The molecule has 2 aromatic heterocycles. The molecule has 1 saturated carbocycles. The molecule has 29 heavy (non-hydrogen) atoms. The second kappa shape index (κ2) is 8.95. The predicted octanol–water partition coefficient (Wildman–Crippen LogP) is 5.45. The zero-order chi connectivity index (χ0) is 20.1. The molecule has 0 saturated heterocycles. The average Bonchev–Trinajstić information content (AvgIpc) is 3.27. The molecule has 5 nitrogen and oxygen atoms in total. The van der Waals surface area contributed by atoms with Crippen molar-refractivity contribution in [3.8, 4) is 11.5 Å². The molecular formula is C24H27N3O2. The molecule has 0 amide bonds. The molecule has 1 aliphatic carbocycles. The van der Waals surface area contributed by atoms with Crippen molar-refractivity contribution in [2.24, 2.45) is 0 Å². The molecule has 0 N–H and O–H groups in total. The Kier molecular flexibility index (Phi) is 5.94. The average molecular weight is 389 g/mol. The van der Waals surface area contributed by atoms with Gasteiger partial charge in [-0.1, -0.05) is 6.07 Å². The van der Waals surface area contributed by atoms with Crippen molar-refractivity contribution in [3.05, 3.63) is 72.2 Å². The van der Waals surface area contributed by atoms with Crippen LogP contribution in [-0.2, 0) is 6.54 Å². The largest absolute Gasteiger partial charge is 0.493 e. The highest BCUT2D eigenvalue weighted by molar-refractivity contribution is 5.64. The highest BCUT2D eigenvalue weighted by Crippen LogP contribution is 2.37. The molecule has 1 aliphatic rings. The number of nitrogens with zero attached hydrogens (tertiary/aromatic N) is 3. The zero-order valence-corrected chi connectivity index (χ0v) is 17.0. The van der Waals surface area contributed by atoms with Crippen LogP contribution in [0.1, 0.15) is 36.8 Å². The van der Waals surface area contributed by atoms with Crippen LogP contribution in [0.15, 0.2) is 61.1 Å². The molecule has 0 unspecified atom stereocenters. The summed E-state index contributed by atoms with van der Waals surface area (Å²) in [7, 11) is 1.69. The van der Waals surface area contributed by atoms with Crippen LogP contribution >= 0.6 is 0 Å². The van der Waals surface area contributed by atoms with Gasteiger partial charge < -0.3 is 14.4 Å². The normalized spacial score (nSPS) is 14.0. The Bertz CT molecular complexity index is 940. The van der Waals surface area contributed by atoms with E-state index in [0.717, 1.165) is 41.4 Å². The molecule has 0 aliphatic heterocycles. The first-order valence-corrected chi connectivity index (χ1v) is 10.2. The minimum Gasteiger partial charge on any atom is -0.493 e. The number of hydrogen-bond donors (Lipinski definition) is 0. The Labute approximate surface area is 172 Å². The maximum atomic E-state index is 6.31. The maximum Gasteiger partial charge on any atom is 0.163 e. The quantitative estimate of drug-likeness (QED) is 0.537. The molecule has 0 radical (unpaired) electrons. The Morgan fingerprint density at radius 2 is 1.90 bits per heavy atom. The molecule has 5 heteroatoms. The SMILES string of the molecule is COc1ccc(N(Cc2cnccc2C)c2ccccn2)cc1OC1CCCC1. The third-order valence-corrected chi connectivity index (χ3v) is 5.46. The van der Waals surface area contributed by atoms with Gasteiger partial charge in [-0.15, -0.1) is 0 Å². The van der Waals surface area contributed by atoms with Crippen LogP contribution in [0.3, 0.4) is 0 Å². The summed E-state index contributed by atoms with van der Waals surface area (Å²) < 4.78 is 11.9. The van der Waals surface area contributed by atoms with E-state index in [1.165, 1.54) is 18.4 Å². The number of anilines is 2. The van der Waals surface area contributed by atoms with Crippen molar-refractivity contribution >= 4 is 11.5 Å². The fourth-order valence-electron chi connectivity index (χ4n) is 3.76. The molecule has 2 heterocycles. The standard InChI is InChI=1S/C24H27N3O2/c1-18-12-14-25-16-19(18)17-27(24-9-5-6-13-26-24)20-10-11-22(28-2)23(15-20)29-21-7-3-4-8-21/h5-6,9-16,21H,3-4,7-8,17H2,1-2H3. The van der Waals surface area contributed by atoms with Crippen LogP contribution < -0.4 is 14.4 Å². The molecule has 3 aromatic rings. The van der Waals surface area contributed by atoms with Crippen molar-refractivity contribution in [2.45, 2.75) is 45.3 Å². The lowest BCUT2D eigenvalue weighted by atomic mass is 10.1. The van der Waals surface area contributed by atoms with Crippen molar-refractivity contribution < 1.29 is 9.47 Å². The number of methoxy groups -OCH3 is 1. The summed E-state index contributed by atoms with van der Waals surface area (Å²) in [6.07, 6.45) is 10.5. The first-order valence-electron chi connectivity index (χ1n) is 10.2. The van der Waals surface area contributed by atoms with Gasteiger partial charge in [-0.25, -0.2) is 4.98 Å². The molecule has 0 atom stereocenters. The lowest BCUT2D eigenvalue weighted by molar-refractivity contribution is 0.201. The summed E-state index contributed by atoms with van der Waals surface area (Å²) in [5.41, 5.74) is 3.38. The van der Waals surface area contributed by atoms with Gasteiger partial charge in [0.15, 0.2) is 11.5 Å². The number of pyridine rings is 2. The second-order valence-electron chi connectivity index (χ2n) is 7.44. The monoisotopic (exact) mass is 389 g/mol. The molecular weight excluding hydrogens is 362 g/mol. The van der Waals surface area contributed by atoms with Gasteiger partial charge in [0.05, 0.1) is 19.8 Å². The molecule has 1 fully saturated rings. The lowest BCUT2D eigenvalue weighted by Gasteiger charge is -2.26. The molecule has 1 aromatic carbocycles. The first-order chi connectivity index (χ1) is 14.2. The smallest absolute Gasteiger partial charge is 0.163 e. The number of rotatable bonds is 7. The molecule has 4 rings (SSSR count).